The van der Waals surface area contributed by atoms with Crippen LogP contribution < -0.4 is 20.3 Å². The van der Waals surface area contributed by atoms with Gasteiger partial charge in [-0.05, 0) is 42.7 Å². The van der Waals surface area contributed by atoms with Gasteiger partial charge in [-0.2, -0.15) is 0 Å². The number of hydrazine groups is 1. The summed E-state index contributed by atoms with van der Waals surface area (Å²) >= 11 is 0. The van der Waals surface area contributed by atoms with Gasteiger partial charge in [0.15, 0.2) is 11.5 Å². The molecule has 26 heavy (non-hydrogen) atoms. The van der Waals surface area contributed by atoms with Crippen molar-refractivity contribution >= 4 is 0 Å². The Balaban J connectivity index is 1.73. The van der Waals surface area contributed by atoms with E-state index in [4.69, 9.17) is 9.47 Å². The van der Waals surface area contributed by atoms with Crippen LogP contribution >= 0.6 is 0 Å². The molecular formula is C20H24N2O4. The minimum Gasteiger partial charge on any atom is -0.508 e. The van der Waals surface area contributed by atoms with Gasteiger partial charge in [-0.1, -0.05) is 13.0 Å². The van der Waals surface area contributed by atoms with E-state index >= 15 is 0 Å². The van der Waals surface area contributed by atoms with Crippen molar-refractivity contribution in [1.82, 2.24) is 10.9 Å². The van der Waals surface area contributed by atoms with Gasteiger partial charge in [0.2, 0.25) is 0 Å². The lowest BCUT2D eigenvalue weighted by molar-refractivity contribution is 0.171. The first-order valence-electron chi connectivity index (χ1n) is 9.03. The molecule has 0 spiro atoms. The number of nitrogens with one attached hydrogen (secondary N) is 2. The molecule has 3 atom stereocenters. The van der Waals surface area contributed by atoms with Crippen LogP contribution in [0.2, 0.25) is 0 Å². The Morgan fingerprint density at radius 2 is 1.77 bits per heavy atom. The van der Waals surface area contributed by atoms with Crippen molar-refractivity contribution < 1.29 is 19.7 Å². The van der Waals surface area contributed by atoms with Gasteiger partial charge in [0.1, 0.15) is 24.7 Å². The molecule has 4 N–H and O–H groups in total. The van der Waals surface area contributed by atoms with Crippen molar-refractivity contribution in [3.8, 4) is 23.0 Å². The van der Waals surface area contributed by atoms with Crippen LogP contribution in [0, 0.1) is 0 Å². The third-order valence-electron chi connectivity index (χ3n) is 5.26. The molecule has 0 aromatic heterocycles. The number of hydrogen-bond donors (Lipinski definition) is 4. The normalized spacial score (nSPS) is 24.6. The maximum absolute atomic E-state index is 10.4. The molecule has 4 rings (SSSR count). The molecular weight excluding hydrogens is 332 g/mol. The van der Waals surface area contributed by atoms with Crippen LogP contribution in [-0.2, 0) is 6.42 Å². The zero-order valence-electron chi connectivity index (χ0n) is 15.0. The largest absolute Gasteiger partial charge is 0.508 e. The first kappa shape index (κ1) is 17.0. The first-order valence-corrected chi connectivity index (χ1v) is 9.03. The molecule has 1 saturated heterocycles. The summed E-state index contributed by atoms with van der Waals surface area (Å²) in [5.74, 6) is 1.84. The van der Waals surface area contributed by atoms with Crippen LogP contribution in [0.15, 0.2) is 30.3 Å². The zero-order chi connectivity index (χ0) is 18.3. The Labute approximate surface area is 152 Å². The average molecular weight is 356 g/mol. The number of aryl methyl sites for hydroxylation is 1. The van der Waals surface area contributed by atoms with Gasteiger partial charge in [0, 0.05) is 23.6 Å². The molecule has 0 radical (unpaired) electrons. The summed E-state index contributed by atoms with van der Waals surface area (Å²) in [5.41, 5.74) is 9.28. The van der Waals surface area contributed by atoms with Gasteiger partial charge in [0.25, 0.3) is 0 Å². The van der Waals surface area contributed by atoms with Gasteiger partial charge in [-0.15, -0.1) is 0 Å². The number of phenols is 2. The monoisotopic (exact) mass is 356 g/mol. The molecule has 2 aromatic rings. The van der Waals surface area contributed by atoms with Gasteiger partial charge < -0.3 is 19.7 Å². The molecule has 0 amide bonds. The van der Waals surface area contributed by atoms with Gasteiger partial charge in [-0.3, -0.25) is 5.43 Å². The Kier molecular flexibility index (Phi) is 4.38. The predicted octanol–water partition coefficient (Wildman–Crippen LogP) is 2.75. The minimum atomic E-state index is -0.126. The van der Waals surface area contributed by atoms with Crippen molar-refractivity contribution in [2.45, 2.75) is 38.3 Å². The number of phenolic OH excluding ortho intramolecular Hbond substituents is 2. The molecule has 2 aromatic carbocycles. The van der Waals surface area contributed by atoms with Gasteiger partial charge >= 0.3 is 0 Å². The van der Waals surface area contributed by atoms with E-state index in [1.165, 1.54) is 6.07 Å². The lowest BCUT2D eigenvalue weighted by Gasteiger charge is -2.25. The second-order valence-electron chi connectivity index (χ2n) is 6.88. The second kappa shape index (κ2) is 6.70. The molecule has 2 heterocycles. The van der Waals surface area contributed by atoms with E-state index in [9.17, 15) is 10.2 Å². The maximum atomic E-state index is 10.4. The maximum Gasteiger partial charge on any atom is 0.161 e. The number of hydrogen-bond acceptors (Lipinski definition) is 6. The van der Waals surface area contributed by atoms with Crippen molar-refractivity contribution in [3.05, 3.63) is 47.0 Å². The summed E-state index contributed by atoms with van der Waals surface area (Å²) < 4.78 is 11.3. The molecule has 0 aliphatic carbocycles. The molecule has 2 aliphatic heterocycles. The van der Waals surface area contributed by atoms with Crippen LogP contribution in [0.25, 0.3) is 0 Å². The van der Waals surface area contributed by atoms with Crippen LogP contribution in [-0.4, -0.2) is 29.5 Å². The summed E-state index contributed by atoms with van der Waals surface area (Å²) in [7, 11) is 0. The van der Waals surface area contributed by atoms with Crippen molar-refractivity contribution in [3.63, 3.8) is 0 Å². The van der Waals surface area contributed by atoms with Crippen molar-refractivity contribution in [2.75, 3.05) is 13.2 Å². The Morgan fingerprint density at radius 3 is 2.54 bits per heavy atom. The number of ether oxygens (including phenoxy) is 2. The van der Waals surface area contributed by atoms with E-state index in [1.807, 2.05) is 25.1 Å². The lowest BCUT2D eigenvalue weighted by Crippen LogP contribution is -2.29. The summed E-state index contributed by atoms with van der Waals surface area (Å²) in [6.07, 6.45) is 0.698. The Morgan fingerprint density at radius 1 is 1.00 bits per heavy atom. The third kappa shape index (κ3) is 2.85. The van der Waals surface area contributed by atoms with Crippen LogP contribution in [0.4, 0.5) is 0 Å². The second-order valence-corrected chi connectivity index (χ2v) is 6.88. The number of rotatable bonds is 3. The third-order valence-corrected chi connectivity index (χ3v) is 5.26. The molecule has 2 aliphatic rings. The summed E-state index contributed by atoms with van der Waals surface area (Å²) in [6, 6.07) is 9.36. The fourth-order valence-electron chi connectivity index (χ4n) is 3.88. The van der Waals surface area contributed by atoms with E-state index in [-0.39, 0.29) is 29.5 Å². The highest BCUT2D eigenvalue weighted by atomic mass is 16.6. The Hall–Kier alpha value is -2.44. The first-order chi connectivity index (χ1) is 12.6. The minimum absolute atomic E-state index is 0.0889. The Bertz CT molecular complexity index is 824. The van der Waals surface area contributed by atoms with Gasteiger partial charge in [-0.25, -0.2) is 5.43 Å². The molecule has 138 valence electrons. The van der Waals surface area contributed by atoms with Crippen LogP contribution in [0.5, 0.6) is 23.0 Å². The lowest BCUT2D eigenvalue weighted by atomic mass is 9.83. The fourth-order valence-corrected chi connectivity index (χ4v) is 3.88. The van der Waals surface area contributed by atoms with E-state index in [1.54, 1.807) is 0 Å². The van der Waals surface area contributed by atoms with E-state index in [2.05, 4.69) is 23.8 Å². The average Bonchev–Trinajstić information content (AvgIpc) is 3.03. The smallest absolute Gasteiger partial charge is 0.161 e. The van der Waals surface area contributed by atoms with Crippen molar-refractivity contribution in [2.24, 2.45) is 0 Å². The van der Waals surface area contributed by atoms with E-state index in [0.717, 1.165) is 28.2 Å². The van der Waals surface area contributed by atoms with E-state index in [0.29, 0.717) is 19.6 Å². The topological polar surface area (TPSA) is 83.0 Å². The molecule has 0 saturated carbocycles. The SMILES string of the molecule is CCc1cc(C2NNC(C)C2c2ccc3c(c2)OCCO3)c(O)cc1O. The summed E-state index contributed by atoms with van der Waals surface area (Å²) in [5, 5.41) is 20.4. The molecule has 0 bridgehead atoms. The highest BCUT2D eigenvalue weighted by Crippen LogP contribution is 2.44. The highest BCUT2D eigenvalue weighted by molar-refractivity contribution is 5.50. The summed E-state index contributed by atoms with van der Waals surface area (Å²) in [6.45, 7) is 5.21. The van der Waals surface area contributed by atoms with Crippen LogP contribution in [0.3, 0.4) is 0 Å². The zero-order valence-corrected chi connectivity index (χ0v) is 15.0. The van der Waals surface area contributed by atoms with E-state index < -0.39 is 0 Å². The predicted molar refractivity (Wildman–Crippen MR) is 97.8 cm³/mol. The van der Waals surface area contributed by atoms with Gasteiger partial charge in [0.05, 0.1) is 6.04 Å². The quantitative estimate of drug-likeness (QED) is 0.677. The molecule has 6 nitrogen and oxygen atoms in total. The molecule has 1 fully saturated rings. The molecule has 6 heteroatoms. The molecule has 3 unspecified atom stereocenters. The highest BCUT2D eigenvalue weighted by Gasteiger charge is 2.37. The number of fused-ring (bicyclic) bond motifs is 1. The standard InChI is InChI=1S/C20H24N2O4/c1-3-12-8-14(16(24)10-15(12)23)20-19(11(2)21-22-20)13-4-5-17-18(9-13)26-7-6-25-17/h4-5,8-11,19-24H,3,6-7H2,1-2H3. The van der Waals surface area contributed by atoms with Crippen LogP contribution in [0.1, 0.15) is 42.5 Å². The van der Waals surface area contributed by atoms with Crippen molar-refractivity contribution in [1.29, 1.82) is 0 Å². The number of aromatic hydroxyl groups is 2. The summed E-state index contributed by atoms with van der Waals surface area (Å²) in [4.78, 5) is 0. The number of benzene rings is 2. The fraction of sp³-hybridized carbons (Fsp3) is 0.400.